The zero-order valence-corrected chi connectivity index (χ0v) is 15.9. The molecule has 4 nitrogen and oxygen atoms in total. The Morgan fingerprint density at radius 3 is 2.43 bits per heavy atom. The van der Waals surface area contributed by atoms with Gasteiger partial charge in [0.2, 0.25) is 0 Å². The largest absolute Gasteiger partial charge is 0.463 e. The number of allylic oxidation sites excluding steroid dienone is 2. The van der Waals surface area contributed by atoms with E-state index in [4.69, 9.17) is 4.74 Å². The number of carbonyl (C=O) groups is 2. The Balaban J connectivity index is 1.99. The number of ether oxygens (including phenoxy) is 1. The predicted molar refractivity (Wildman–Crippen MR) is 106 cm³/mol. The average molecular weight is 374 g/mol. The smallest absolute Gasteiger partial charge is 0.337 e. The fourth-order valence-electron chi connectivity index (χ4n) is 4.61. The van der Waals surface area contributed by atoms with Gasteiger partial charge in [0, 0.05) is 11.1 Å². The number of benzene rings is 2. The molecule has 0 radical (unpaired) electrons. The van der Waals surface area contributed by atoms with Crippen LogP contribution in [0, 0.1) is 5.41 Å². The molecule has 1 N–H and O–H groups in total. The summed E-state index contributed by atoms with van der Waals surface area (Å²) in [6, 6.07) is 16.6. The summed E-state index contributed by atoms with van der Waals surface area (Å²) in [6.07, 6.45) is 3.64. The van der Waals surface area contributed by atoms with E-state index in [2.05, 4.69) is 0 Å². The van der Waals surface area contributed by atoms with E-state index in [1.165, 1.54) is 0 Å². The molecule has 2 aliphatic carbocycles. The second kappa shape index (κ2) is 6.57. The maximum atomic E-state index is 13.7. The minimum atomic E-state index is -1.78. The Morgan fingerprint density at radius 2 is 1.71 bits per heavy atom. The summed E-state index contributed by atoms with van der Waals surface area (Å²) in [7, 11) is 0. The monoisotopic (exact) mass is 374 g/mol. The number of aliphatic hydroxyl groups is 1. The molecule has 0 saturated carbocycles. The van der Waals surface area contributed by atoms with Crippen molar-refractivity contribution in [2.24, 2.45) is 5.41 Å². The molecule has 0 aliphatic heterocycles. The third-order valence-corrected chi connectivity index (χ3v) is 5.94. The second-order valence-corrected chi connectivity index (χ2v) is 7.30. The molecule has 0 saturated heterocycles. The van der Waals surface area contributed by atoms with E-state index in [1.807, 2.05) is 37.3 Å². The van der Waals surface area contributed by atoms with Crippen molar-refractivity contribution in [3.8, 4) is 0 Å². The summed E-state index contributed by atoms with van der Waals surface area (Å²) in [5, 5.41) is 12.1. The molecule has 2 atom stereocenters. The first-order valence-corrected chi connectivity index (χ1v) is 9.44. The number of hydrogen-bond donors (Lipinski definition) is 1. The lowest BCUT2D eigenvalue weighted by atomic mass is 9.59. The van der Waals surface area contributed by atoms with Gasteiger partial charge < -0.3 is 9.84 Å². The predicted octanol–water partition coefficient (Wildman–Crippen LogP) is 3.75. The second-order valence-electron chi connectivity index (χ2n) is 7.30. The molecular weight excluding hydrogens is 352 g/mol. The van der Waals surface area contributed by atoms with E-state index in [0.717, 1.165) is 11.1 Å². The zero-order valence-electron chi connectivity index (χ0n) is 15.9. The molecule has 4 rings (SSSR count). The van der Waals surface area contributed by atoms with Gasteiger partial charge in [0.15, 0.2) is 5.78 Å². The van der Waals surface area contributed by atoms with Crippen LogP contribution in [0.25, 0.3) is 0 Å². The lowest BCUT2D eigenvalue weighted by Gasteiger charge is -2.45. The highest BCUT2D eigenvalue weighted by Gasteiger charge is 2.67. The van der Waals surface area contributed by atoms with Crippen LogP contribution in [-0.4, -0.2) is 23.5 Å². The molecule has 0 fully saturated rings. The van der Waals surface area contributed by atoms with Gasteiger partial charge in [-0.1, -0.05) is 66.2 Å². The van der Waals surface area contributed by atoms with Crippen molar-refractivity contribution >= 4 is 11.8 Å². The summed E-state index contributed by atoms with van der Waals surface area (Å²) in [5.41, 5.74) is -0.396. The van der Waals surface area contributed by atoms with Crippen LogP contribution < -0.4 is 0 Å². The van der Waals surface area contributed by atoms with E-state index < -0.39 is 17.0 Å². The van der Waals surface area contributed by atoms with Crippen LogP contribution in [-0.2, 0) is 21.6 Å². The van der Waals surface area contributed by atoms with Crippen molar-refractivity contribution in [3.05, 3.63) is 94.6 Å². The van der Waals surface area contributed by atoms with Gasteiger partial charge in [-0.15, -0.1) is 0 Å². The van der Waals surface area contributed by atoms with E-state index in [9.17, 15) is 14.7 Å². The molecule has 0 bridgehead atoms. The third-order valence-electron chi connectivity index (χ3n) is 5.94. The fourth-order valence-corrected chi connectivity index (χ4v) is 4.61. The van der Waals surface area contributed by atoms with Crippen molar-refractivity contribution in [1.82, 2.24) is 0 Å². The standard InChI is InChI=1S/C24H22O4/c1-3-28-22(26)20-14-13-16(2)23(15-17-9-5-4-6-10-17)21(25)18-11-7-8-12-19(18)24(20,23)27/h4-14,27H,3,15H2,1-2H3/t23-,24+/m1/s1. The lowest BCUT2D eigenvalue weighted by molar-refractivity contribution is -0.143. The molecule has 0 heterocycles. The molecule has 0 unspecified atom stereocenters. The van der Waals surface area contributed by atoms with Gasteiger partial charge in [0.05, 0.1) is 17.6 Å². The molecule has 142 valence electrons. The SMILES string of the molecule is CCOC(=O)C1=CC=C(C)[C@]2(Cc3ccccc3)C(=O)c3ccccc3[C@]12O. The average Bonchev–Trinajstić information content (AvgIpc) is 2.90. The Kier molecular flexibility index (Phi) is 4.31. The lowest BCUT2D eigenvalue weighted by Crippen LogP contribution is -2.52. The Morgan fingerprint density at radius 1 is 1.04 bits per heavy atom. The summed E-state index contributed by atoms with van der Waals surface area (Å²) >= 11 is 0. The van der Waals surface area contributed by atoms with Gasteiger partial charge in [-0.3, -0.25) is 4.79 Å². The van der Waals surface area contributed by atoms with Crippen LogP contribution in [0.4, 0.5) is 0 Å². The maximum absolute atomic E-state index is 13.7. The summed E-state index contributed by atoms with van der Waals surface area (Å²) in [6.45, 7) is 3.75. The quantitative estimate of drug-likeness (QED) is 0.828. The number of Topliss-reactive ketones (excluding diaryl/α,β-unsaturated/α-hetero) is 1. The minimum absolute atomic E-state index is 0.106. The molecule has 4 heteroatoms. The Labute approximate surface area is 164 Å². The number of esters is 1. The third kappa shape index (κ3) is 2.28. The molecule has 28 heavy (non-hydrogen) atoms. The van der Waals surface area contributed by atoms with Gasteiger partial charge >= 0.3 is 5.97 Å². The number of carbonyl (C=O) groups excluding carboxylic acids is 2. The van der Waals surface area contributed by atoms with Crippen LogP contribution in [0.2, 0.25) is 0 Å². The molecule has 0 amide bonds. The van der Waals surface area contributed by atoms with E-state index in [1.54, 1.807) is 43.3 Å². The van der Waals surface area contributed by atoms with Gasteiger partial charge in [0.1, 0.15) is 5.60 Å². The summed E-state index contributed by atoms with van der Waals surface area (Å²) < 4.78 is 5.23. The number of ketones is 1. The van der Waals surface area contributed by atoms with E-state index in [-0.39, 0.29) is 24.4 Å². The number of rotatable bonds is 4. The zero-order chi connectivity index (χ0) is 19.9. The summed E-state index contributed by atoms with van der Waals surface area (Å²) in [4.78, 5) is 26.5. The maximum Gasteiger partial charge on any atom is 0.337 e. The first-order valence-electron chi connectivity index (χ1n) is 9.44. The van der Waals surface area contributed by atoms with E-state index in [0.29, 0.717) is 11.1 Å². The minimum Gasteiger partial charge on any atom is -0.463 e. The highest BCUT2D eigenvalue weighted by molar-refractivity contribution is 6.12. The first-order chi connectivity index (χ1) is 13.5. The van der Waals surface area contributed by atoms with Crippen LogP contribution in [0.5, 0.6) is 0 Å². The van der Waals surface area contributed by atoms with Crippen LogP contribution in [0.15, 0.2) is 77.9 Å². The van der Waals surface area contributed by atoms with Crippen LogP contribution in [0.1, 0.15) is 35.3 Å². The number of hydrogen-bond acceptors (Lipinski definition) is 4. The first kappa shape index (κ1) is 18.4. The van der Waals surface area contributed by atoms with Crippen LogP contribution in [0.3, 0.4) is 0 Å². The Hall–Kier alpha value is -2.98. The van der Waals surface area contributed by atoms with E-state index >= 15 is 0 Å². The summed E-state index contributed by atoms with van der Waals surface area (Å²) in [5.74, 6) is -0.770. The van der Waals surface area contributed by atoms with Gasteiger partial charge in [0.25, 0.3) is 0 Å². The molecule has 2 aromatic rings. The Bertz CT molecular complexity index is 1020. The van der Waals surface area contributed by atoms with Crippen molar-refractivity contribution in [2.75, 3.05) is 6.61 Å². The highest BCUT2D eigenvalue weighted by atomic mass is 16.5. The molecular formula is C24H22O4. The molecule has 2 aromatic carbocycles. The highest BCUT2D eigenvalue weighted by Crippen LogP contribution is 2.60. The van der Waals surface area contributed by atoms with Crippen molar-refractivity contribution < 1.29 is 19.4 Å². The normalized spacial score (nSPS) is 25.5. The van der Waals surface area contributed by atoms with Crippen LogP contribution >= 0.6 is 0 Å². The topological polar surface area (TPSA) is 63.6 Å². The molecule has 2 aliphatic rings. The molecule has 0 spiro atoms. The van der Waals surface area contributed by atoms with Crippen molar-refractivity contribution in [2.45, 2.75) is 25.9 Å². The van der Waals surface area contributed by atoms with Gasteiger partial charge in [-0.25, -0.2) is 4.79 Å². The van der Waals surface area contributed by atoms with Crippen molar-refractivity contribution in [3.63, 3.8) is 0 Å². The van der Waals surface area contributed by atoms with Crippen molar-refractivity contribution in [1.29, 1.82) is 0 Å². The number of fused-ring (bicyclic) bond motifs is 3. The van der Waals surface area contributed by atoms with Gasteiger partial charge in [-0.05, 0) is 31.9 Å². The van der Waals surface area contributed by atoms with Gasteiger partial charge in [-0.2, -0.15) is 0 Å². The molecule has 0 aromatic heterocycles. The fraction of sp³-hybridized carbons (Fsp3) is 0.250.